The highest BCUT2D eigenvalue weighted by molar-refractivity contribution is 7.11. The van der Waals surface area contributed by atoms with Crippen LogP contribution in [0.2, 0.25) is 0 Å². The van der Waals surface area contributed by atoms with Crippen LogP contribution >= 0.6 is 11.3 Å². The van der Waals surface area contributed by atoms with Gasteiger partial charge in [-0.3, -0.25) is 4.99 Å². The predicted molar refractivity (Wildman–Crippen MR) is 91.0 cm³/mol. The van der Waals surface area contributed by atoms with Gasteiger partial charge in [-0.2, -0.15) is 0 Å². The zero-order valence-corrected chi connectivity index (χ0v) is 14.0. The number of aromatic nitrogens is 1. The van der Waals surface area contributed by atoms with Crippen LogP contribution in [-0.4, -0.2) is 23.6 Å². The summed E-state index contributed by atoms with van der Waals surface area (Å²) < 4.78 is 2.05. The minimum absolute atomic E-state index is 0.352. The number of nitrogens with zero attached hydrogens (tertiary/aromatic N) is 2. The molecule has 2 aromatic heterocycles. The fraction of sp³-hybridized carbons (Fsp3) is 0.438. The van der Waals surface area contributed by atoms with E-state index in [4.69, 9.17) is 0 Å². The highest BCUT2D eigenvalue weighted by atomic mass is 32.1. The summed E-state index contributed by atoms with van der Waals surface area (Å²) in [5.74, 6) is 0.847. The van der Waals surface area contributed by atoms with Gasteiger partial charge in [0.25, 0.3) is 0 Å². The molecule has 0 saturated heterocycles. The number of thiophene rings is 1. The third kappa shape index (κ3) is 4.93. The number of aryl methyl sites for hydroxylation is 2. The first-order valence-corrected chi connectivity index (χ1v) is 8.02. The topological polar surface area (TPSA) is 41.4 Å². The molecule has 5 heteroatoms. The fourth-order valence-corrected chi connectivity index (χ4v) is 3.25. The highest BCUT2D eigenvalue weighted by Crippen LogP contribution is 2.16. The predicted octanol–water partition coefficient (Wildman–Crippen LogP) is 2.69. The van der Waals surface area contributed by atoms with Crippen molar-refractivity contribution in [2.24, 2.45) is 12.0 Å². The molecular weight excluding hydrogens is 280 g/mol. The molecule has 0 aliphatic carbocycles. The van der Waals surface area contributed by atoms with E-state index >= 15 is 0 Å². The second-order valence-corrected chi connectivity index (χ2v) is 6.75. The Kier molecular flexibility index (Phi) is 5.44. The van der Waals surface area contributed by atoms with Gasteiger partial charge in [0.15, 0.2) is 5.96 Å². The van der Waals surface area contributed by atoms with Gasteiger partial charge >= 0.3 is 0 Å². The van der Waals surface area contributed by atoms with E-state index in [0.717, 1.165) is 18.9 Å². The van der Waals surface area contributed by atoms with Crippen molar-refractivity contribution >= 4 is 17.3 Å². The first kappa shape index (κ1) is 15.6. The van der Waals surface area contributed by atoms with E-state index in [1.165, 1.54) is 15.3 Å². The molecule has 0 saturated carbocycles. The highest BCUT2D eigenvalue weighted by Gasteiger charge is 2.08. The largest absolute Gasteiger partial charge is 0.357 e. The summed E-state index contributed by atoms with van der Waals surface area (Å²) >= 11 is 1.86. The normalized spacial score (nSPS) is 13.2. The Morgan fingerprint density at radius 3 is 2.76 bits per heavy atom. The van der Waals surface area contributed by atoms with E-state index < -0.39 is 0 Å². The van der Waals surface area contributed by atoms with Crippen LogP contribution in [-0.2, 0) is 20.0 Å². The average Bonchev–Trinajstić information content (AvgIpc) is 3.03. The molecule has 0 fully saturated rings. The van der Waals surface area contributed by atoms with E-state index in [1.807, 2.05) is 25.4 Å². The van der Waals surface area contributed by atoms with E-state index in [9.17, 15) is 0 Å². The van der Waals surface area contributed by atoms with Gasteiger partial charge in [-0.25, -0.2) is 0 Å². The van der Waals surface area contributed by atoms with Gasteiger partial charge in [-0.05, 0) is 37.6 Å². The molecule has 1 atom stereocenters. The van der Waals surface area contributed by atoms with E-state index in [2.05, 4.69) is 64.6 Å². The summed E-state index contributed by atoms with van der Waals surface area (Å²) in [6, 6.07) is 6.84. The SMILES string of the molecule is CN=C(NCc1ccn(C)c1)NC(C)Cc1ccc(C)s1. The number of guanidine groups is 1. The van der Waals surface area contributed by atoms with Crippen molar-refractivity contribution in [2.75, 3.05) is 7.05 Å². The van der Waals surface area contributed by atoms with Gasteiger partial charge in [0.1, 0.15) is 0 Å². The van der Waals surface area contributed by atoms with E-state index in [0.29, 0.717) is 6.04 Å². The number of hydrogen-bond donors (Lipinski definition) is 2. The monoisotopic (exact) mass is 304 g/mol. The Hall–Kier alpha value is -1.75. The Morgan fingerprint density at radius 2 is 2.19 bits per heavy atom. The summed E-state index contributed by atoms with van der Waals surface area (Å²) in [4.78, 5) is 7.06. The van der Waals surface area contributed by atoms with Gasteiger partial charge in [-0.1, -0.05) is 0 Å². The third-order valence-corrected chi connectivity index (χ3v) is 4.29. The van der Waals surface area contributed by atoms with Crippen molar-refractivity contribution < 1.29 is 0 Å². The van der Waals surface area contributed by atoms with Gasteiger partial charge in [0.05, 0.1) is 0 Å². The molecule has 4 nitrogen and oxygen atoms in total. The maximum atomic E-state index is 4.29. The molecule has 0 aliphatic rings. The molecule has 0 aliphatic heterocycles. The Morgan fingerprint density at radius 1 is 1.38 bits per heavy atom. The lowest BCUT2D eigenvalue weighted by atomic mass is 10.2. The molecule has 0 spiro atoms. The minimum atomic E-state index is 0.352. The molecule has 0 bridgehead atoms. The van der Waals surface area contributed by atoms with Gasteiger partial charge < -0.3 is 15.2 Å². The van der Waals surface area contributed by atoms with Crippen LogP contribution in [0, 0.1) is 6.92 Å². The molecule has 2 aromatic rings. The van der Waals surface area contributed by atoms with Gasteiger partial charge in [-0.15, -0.1) is 11.3 Å². The molecule has 0 aromatic carbocycles. The smallest absolute Gasteiger partial charge is 0.191 e. The van der Waals surface area contributed by atoms with Gasteiger partial charge in [0, 0.05) is 55.3 Å². The average molecular weight is 304 g/mol. The van der Waals surface area contributed by atoms with Crippen LogP contribution in [0.4, 0.5) is 0 Å². The molecule has 2 heterocycles. The second-order valence-electron chi connectivity index (χ2n) is 5.37. The summed E-state index contributed by atoms with van der Waals surface area (Å²) in [7, 11) is 3.84. The minimum Gasteiger partial charge on any atom is -0.357 e. The number of rotatable bonds is 5. The van der Waals surface area contributed by atoms with Crippen LogP contribution < -0.4 is 10.6 Å². The van der Waals surface area contributed by atoms with Crippen LogP contribution in [0.25, 0.3) is 0 Å². The summed E-state index contributed by atoms with van der Waals surface area (Å²) in [5.41, 5.74) is 1.25. The fourth-order valence-electron chi connectivity index (χ4n) is 2.23. The molecule has 0 radical (unpaired) electrons. The second kappa shape index (κ2) is 7.31. The van der Waals surface area contributed by atoms with Crippen molar-refractivity contribution in [3.05, 3.63) is 45.9 Å². The van der Waals surface area contributed by atoms with Gasteiger partial charge in [0.2, 0.25) is 0 Å². The zero-order chi connectivity index (χ0) is 15.2. The summed E-state index contributed by atoms with van der Waals surface area (Å²) in [6.07, 6.45) is 5.18. The lowest BCUT2D eigenvalue weighted by molar-refractivity contribution is 0.645. The Labute approximate surface area is 130 Å². The van der Waals surface area contributed by atoms with Crippen molar-refractivity contribution in [3.63, 3.8) is 0 Å². The van der Waals surface area contributed by atoms with Crippen molar-refractivity contribution in [2.45, 2.75) is 32.9 Å². The lowest BCUT2D eigenvalue weighted by Gasteiger charge is -2.17. The van der Waals surface area contributed by atoms with Crippen LogP contribution in [0.5, 0.6) is 0 Å². The molecule has 21 heavy (non-hydrogen) atoms. The van der Waals surface area contributed by atoms with Crippen LogP contribution in [0.3, 0.4) is 0 Å². The maximum Gasteiger partial charge on any atom is 0.191 e. The van der Waals surface area contributed by atoms with E-state index in [1.54, 1.807) is 0 Å². The molecule has 0 amide bonds. The number of hydrogen-bond acceptors (Lipinski definition) is 2. The lowest BCUT2D eigenvalue weighted by Crippen LogP contribution is -2.42. The van der Waals surface area contributed by atoms with E-state index in [-0.39, 0.29) is 0 Å². The summed E-state index contributed by atoms with van der Waals surface area (Å²) in [6.45, 7) is 5.11. The molecule has 1 unspecified atom stereocenters. The quantitative estimate of drug-likeness (QED) is 0.659. The van der Waals surface area contributed by atoms with Crippen LogP contribution in [0.1, 0.15) is 22.2 Å². The molecule has 2 rings (SSSR count). The first-order chi connectivity index (χ1) is 10.1. The maximum absolute atomic E-state index is 4.29. The number of aliphatic imine (C=N–C) groups is 1. The third-order valence-electron chi connectivity index (χ3n) is 3.26. The zero-order valence-electron chi connectivity index (χ0n) is 13.2. The molecular formula is C16H24N4S. The van der Waals surface area contributed by atoms with Crippen molar-refractivity contribution in [3.8, 4) is 0 Å². The standard InChI is InChI=1S/C16H24N4S/c1-12(9-15-6-5-13(2)21-15)19-16(17-3)18-10-14-7-8-20(4)11-14/h5-8,11-12H,9-10H2,1-4H3,(H2,17,18,19). The molecule has 2 N–H and O–H groups in total. The van der Waals surface area contributed by atoms with Crippen molar-refractivity contribution in [1.29, 1.82) is 0 Å². The first-order valence-electron chi connectivity index (χ1n) is 7.20. The summed E-state index contributed by atoms with van der Waals surface area (Å²) in [5, 5.41) is 6.79. The Balaban J connectivity index is 1.81. The Bertz CT molecular complexity index is 597. The number of nitrogens with one attached hydrogen (secondary N) is 2. The van der Waals surface area contributed by atoms with Crippen molar-refractivity contribution in [1.82, 2.24) is 15.2 Å². The van der Waals surface area contributed by atoms with Crippen LogP contribution in [0.15, 0.2) is 35.6 Å². The molecule has 114 valence electrons.